The molecule has 1 N–H and O–H groups in total. The lowest BCUT2D eigenvalue weighted by Gasteiger charge is -2.32. The highest BCUT2D eigenvalue weighted by Gasteiger charge is 2.16. The number of carbonyl (C=O) groups excluding carboxylic acids is 1. The Bertz CT molecular complexity index is 814. The van der Waals surface area contributed by atoms with Crippen molar-refractivity contribution >= 4 is 11.6 Å². The highest BCUT2D eigenvalue weighted by Crippen LogP contribution is 2.27. The van der Waals surface area contributed by atoms with E-state index in [1.54, 1.807) is 0 Å². The molecule has 156 valence electrons. The van der Waals surface area contributed by atoms with Crippen molar-refractivity contribution in [1.82, 2.24) is 5.32 Å². The van der Waals surface area contributed by atoms with E-state index in [1.165, 1.54) is 18.5 Å². The van der Waals surface area contributed by atoms with Gasteiger partial charge >= 0.3 is 0 Å². The Morgan fingerprint density at radius 1 is 1.21 bits per heavy atom. The zero-order chi connectivity index (χ0) is 20.8. The molecule has 1 aliphatic rings. The van der Waals surface area contributed by atoms with E-state index < -0.39 is 0 Å². The zero-order valence-corrected chi connectivity index (χ0v) is 18.2. The van der Waals surface area contributed by atoms with E-state index in [0.29, 0.717) is 12.5 Å². The number of piperidine rings is 1. The molecule has 0 radical (unpaired) electrons. The number of benzene rings is 2. The Balaban J connectivity index is 1.49. The first-order chi connectivity index (χ1) is 13.9. The Morgan fingerprint density at radius 3 is 2.66 bits per heavy atom. The predicted molar refractivity (Wildman–Crippen MR) is 120 cm³/mol. The Labute approximate surface area is 175 Å². The number of hydrogen-bond acceptors (Lipinski definition) is 3. The molecule has 0 aliphatic carbocycles. The maximum Gasteiger partial charge on any atom is 0.258 e. The van der Waals surface area contributed by atoms with Crippen molar-refractivity contribution in [2.45, 2.75) is 53.0 Å². The van der Waals surface area contributed by atoms with E-state index in [0.717, 1.165) is 41.4 Å². The van der Waals surface area contributed by atoms with Gasteiger partial charge < -0.3 is 15.0 Å². The molecule has 1 fully saturated rings. The third kappa shape index (κ3) is 5.99. The number of ether oxygens (including phenoxy) is 1. The minimum absolute atomic E-state index is 0.0346. The SMILES string of the molecule is Cc1ccc(C(C)C)c(OCC(=O)NCc2ccc(N3CCC[C@@H](C)C3)cc2)c1. The van der Waals surface area contributed by atoms with Gasteiger partial charge in [-0.1, -0.05) is 45.0 Å². The van der Waals surface area contributed by atoms with E-state index >= 15 is 0 Å². The fraction of sp³-hybridized carbons (Fsp3) is 0.480. The third-order valence-electron chi connectivity index (χ3n) is 5.60. The van der Waals surface area contributed by atoms with Crippen LogP contribution in [-0.4, -0.2) is 25.6 Å². The van der Waals surface area contributed by atoms with Gasteiger partial charge in [0.05, 0.1) is 0 Å². The second-order valence-corrected chi connectivity index (χ2v) is 8.62. The molecule has 1 aliphatic heterocycles. The molecule has 0 bridgehead atoms. The molecule has 2 aromatic rings. The van der Waals surface area contributed by atoms with Crippen LogP contribution < -0.4 is 15.0 Å². The van der Waals surface area contributed by atoms with Crippen LogP contribution in [0.1, 0.15) is 56.2 Å². The predicted octanol–water partition coefficient (Wildman–Crippen LogP) is 5.05. The first-order valence-electron chi connectivity index (χ1n) is 10.8. The van der Waals surface area contributed by atoms with Gasteiger partial charge in [0.15, 0.2) is 6.61 Å². The smallest absolute Gasteiger partial charge is 0.258 e. The van der Waals surface area contributed by atoms with E-state index in [9.17, 15) is 4.79 Å². The average Bonchev–Trinajstić information content (AvgIpc) is 2.71. The zero-order valence-electron chi connectivity index (χ0n) is 18.2. The summed E-state index contributed by atoms with van der Waals surface area (Å²) in [6.07, 6.45) is 2.59. The van der Waals surface area contributed by atoms with Gasteiger partial charge in [-0.05, 0) is 66.5 Å². The largest absolute Gasteiger partial charge is 0.483 e. The average molecular weight is 395 g/mol. The van der Waals surface area contributed by atoms with Gasteiger partial charge in [0.1, 0.15) is 5.75 Å². The molecule has 0 aromatic heterocycles. The van der Waals surface area contributed by atoms with Gasteiger partial charge in [0.2, 0.25) is 0 Å². The van der Waals surface area contributed by atoms with Gasteiger partial charge in [0, 0.05) is 25.3 Å². The van der Waals surface area contributed by atoms with Crippen LogP contribution in [0, 0.1) is 12.8 Å². The third-order valence-corrected chi connectivity index (χ3v) is 5.60. The number of rotatable bonds is 7. The minimum Gasteiger partial charge on any atom is -0.483 e. The van der Waals surface area contributed by atoms with E-state index in [4.69, 9.17) is 4.74 Å². The quantitative estimate of drug-likeness (QED) is 0.714. The number of amides is 1. The van der Waals surface area contributed by atoms with Crippen LogP contribution in [0.2, 0.25) is 0 Å². The second kappa shape index (κ2) is 9.82. The van der Waals surface area contributed by atoms with Crippen LogP contribution in [0.4, 0.5) is 5.69 Å². The van der Waals surface area contributed by atoms with E-state index in [-0.39, 0.29) is 12.5 Å². The van der Waals surface area contributed by atoms with Crippen molar-refractivity contribution < 1.29 is 9.53 Å². The topological polar surface area (TPSA) is 41.6 Å². The minimum atomic E-state index is -0.102. The number of anilines is 1. The number of nitrogens with one attached hydrogen (secondary N) is 1. The Kier molecular flexibility index (Phi) is 7.18. The summed E-state index contributed by atoms with van der Waals surface area (Å²) in [5.41, 5.74) is 4.64. The fourth-order valence-corrected chi connectivity index (χ4v) is 3.89. The van der Waals surface area contributed by atoms with Crippen LogP contribution >= 0.6 is 0 Å². The molecule has 3 rings (SSSR count). The van der Waals surface area contributed by atoms with E-state index in [1.807, 2.05) is 13.0 Å². The first kappa shape index (κ1) is 21.2. The summed E-state index contributed by atoms with van der Waals surface area (Å²) in [5, 5.41) is 2.96. The summed E-state index contributed by atoms with van der Waals surface area (Å²) in [4.78, 5) is 14.7. The molecule has 29 heavy (non-hydrogen) atoms. The summed E-state index contributed by atoms with van der Waals surface area (Å²) < 4.78 is 5.82. The molecule has 2 aromatic carbocycles. The van der Waals surface area contributed by atoms with Gasteiger partial charge in [-0.25, -0.2) is 0 Å². The lowest BCUT2D eigenvalue weighted by molar-refractivity contribution is -0.123. The molecule has 0 spiro atoms. The van der Waals surface area contributed by atoms with Crippen molar-refractivity contribution in [3.63, 3.8) is 0 Å². The lowest BCUT2D eigenvalue weighted by atomic mass is 9.99. The summed E-state index contributed by atoms with van der Waals surface area (Å²) in [5.74, 6) is 1.81. The van der Waals surface area contributed by atoms with Crippen LogP contribution in [0.15, 0.2) is 42.5 Å². The molecule has 1 atom stereocenters. The molecule has 4 heteroatoms. The number of aryl methyl sites for hydroxylation is 1. The van der Waals surface area contributed by atoms with Gasteiger partial charge in [0.25, 0.3) is 5.91 Å². The normalized spacial score (nSPS) is 16.7. The van der Waals surface area contributed by atoms with E-state index in [2.05, 4.69) is 67.4 Å². The van der Waals surface area contributed by atoms with Crippen LogP contribution in [-0.2, 0) is 11.3 Å². The highest BCUT2D eigenvalue weighted by molar-refractivity contribution is 5.77. The monoisotopic (exact) mass is 394 g/mol. The fourth-order valence-electron chi connectivity index (χ4n) is 3.89. The molecular weight excluding hydrogens is 360 g/mol. The number of carbonyl (C=O) groups is 1. The summed E-state index contributed by atoms with van der Waals surface area (Å²) in [6, 6.07) is 14.7. The van der Waals surface area contributed by atoms with Gasteiger partial charge in [-0.15, -0.1) is 0 Å². The number of nitrogens with zero attached hydrogens (tertiary/aromatic N) is 1. The number of hydrogen-bond donors (Lipinski definition) is 1. The van der Waals surface area contributed by atoms with Crippen molar-refractivity contribution in [3.8, 4) is 5.75 Å². The van der Waals surface area contributed by atoms with Crippen LogP contribution in [0.5, 0.6) is 5.75 Å². The Morgan fingerprint density at radius 2 is 1.97 bits per heavy atom. The molecule has 1 heterocycles. The summed E-state index contributed by atoms with van der Waals surface area (Å²) in [6.45, 7) is 11.4. The highest BCUT2D eigenvalue weighted by atomic mass is 16.5. The van der Waals surface area contributed by atoms with Crippen molar-refractivity contribution in [2.24, 2.45) is 5.92 Å². The van der Waals surface area contributed by atoms with Crippen LogP contribution in [0.3, 0.4) is 0 Å². The summed E-state index contributed by atoms with van der Waals surface area (Å²) >= 11 is 0. The maximum atomic E-state index is 12.3. The van der Waals surface area contributed by atoms with Crippen molar-refractivity contribution in [2.75, 3.05) is 24.6 Å². The standard InChI is InChI=1S/C25H34N2O2/c1-18(2)23-12-7-19(3)14-24(23)29-17-25(28)26-15-21-8-10-22(11-9-21)27-13-5-6-20(4)16-27/h7-12,14,18,20H,5-6,13,15-17H2,1-4H3,(H,26,28)/t20-/m1/s1. The summed E-state index contributed by atoms with van der Waals surface area (Å²) in [7, 11) is 0. The maximum absolute atomic E-state index is 12.3. The Hall–Kier alpha value is -2.49. The second-order valence-electron chi connectivity index (χ2n) is 8.62. The lowest BCUT2D eigenvalue weighted by Crippen LogP contribution is -2.34. The molecule has 0 unspecified atom stereocenters. The molecule has 4 nitrogen and oxygen atoms in total. The molecule has 1 amide bonds. The first-order valence-corrected chi connectivity index (χ1v) is 10.8. The van der Waals surface area contributed by atoms with Gasteiger partial charge in [-0.2, -0.15) is 0 Å². The molecule has 1 saturated heterocycles. The van der Waals surface area contributed by atoms with Gasteiger partial charge in [-0.3, -0.25) is 4.79 Å². The van der Waals surface area contributed by atoms with Crippen molar-refractivity contribution in [1.29, 1.82) is 0 Å². The molecule has 0 saturated carbocycles. The van der Waals surface area contributed by atoms with Crippen molar-refractivity contribution in [3.05, 3.63) is 59.2 Å². The molecular formula is C25H34N2O2. The van der Waals surface area contributed by atoms with Crippen LogP contribution in [0.25, 0.3) is 0 Å².